The Bertz CT molecular complexity index is 707. The van der Waals surface area contributed by atoms with Crippen LogP contribution >= 0.6 is 0 Å². The van der Waals surface area contributed by atoms with Gasteiger partial charge in [0, 0.05) is 38.2 Å². The van der Waals surface area contributed by atoms with Gasteiger partial charge in [0.25, 0.3) is 0 Å². The molecule has 2 N–H and O–H groups in total. The first-order chi connectivity index (χ1) is 13.6. The fourth-order valence-corrected chi connectivity index (χ4v) is 3.80. The second-order valence-electron chi connectivity index (χ2n) is 7.32. The fraction of sp³-hybridized carbons (Fsp3) is 0.600. The van der Waals surface area contributed by atoms with Crippen LogP contribution in [0.1, 0.15) is 32.1 Å². The van der Waals surface area contributed by atoms with E-state index in [4.69, 9.17) is 4.74 Å². The van der Waals surface area contributed by atoms with E-state index in [2.05, 4.69) is 15.6 Å². The molecule has 2 fully saturated rings. The number of nitrogens with zero attached hydrogens (tertiary/aromatic N) is 2. The lowest BCUT2D eigenvalue weighted by molar-refractivity contribution is -0.134. The summed E-state index contributed by atoms with van der Waals surface area (Å²) in [6.07, 6.45) is 5.26. The highest BCUT2D eigenvalue weighted by atomic mass is 19.2. The van der Waals surface area contributed by atoms with Crippen LogP contribution in [0.25, 0.3) is 0 Å². The molecule has 28 heavy (non-hydrogen) atoms. The Kier molecular flexibility index (Phi) is 7.06. The van der Waals surface area contributed by atoms with Crippen molar-refractivity contribution >= 4 is 11.9 Å². The standard InChI is InChI=1S/C20H28F2N4O2/c1-23-20(24-9-11-28-16-6-7-17(21)18(22)12-16)25-15-8-10-26(13-15)19(27)14-4-2-3-5-14/h6-7,12,14-15H,2-5,8-11,13H2,1H3,(H2,23,24,25). The zero-order valence-corrected chi connectivity index (χ0v) is 16.2. The number of guanidine groups is 1. The third kappa shape index (κ3) is 5.33. The monoisotopic (exact) mass is 394 g/mol. The van der Waals surface area contributed by atoms with E-state index in [1.54, 1.807) is 7.05 Å². The lowest BCUT2D eigenvalue weighted by Gasteiger charge is -2.21. The largest absolute Gasteiger partial charge is 0.492 e. The number of rotatable bonds is 6. The van der Waals surface area contributed by atoms with Crippen molar-refractivity contribution in [2.24, 2.45) is 10.9 Å². The number of halogens is 2. The number of likely N-dealkylation sites (tertiary alicyclic amines) is 1. The quantitative estimate of drug-likeness (QED) is 0.442. The number of carbonyl (C=O) groups excluding carboxylic acids is 1. The number of nitrogens with one attached hydrogen (secondary N) is 2. The number of amides is 1. The van der Waals surface area contributed by atoms with Crippen molar-refractivity contribution in [1.29, 1.82) is 0 Å². The fourth-order valence-electron chi connectivity index (χ4n) is 3.80. The van der Waals surface area contributed by atoms with Crippen molar-refractivity contribution in [1.82, 2.24) is 15.5 Å². The first-order valence-electron chi connectivity index (χ1n) is 9.90. The molecule has 1 unspecified atom stereocenters. The summed E-state index contributed by atoms with van der Waals surface area (Å²) in [6.45, 7) is 2.21. The second kappa shape index (κ2) is 9.71. The number of hydrogen-bond acceptors (Lipinski definition) is 3. The van der Waals surface area contributed by atoms with Gasteiger partial charge in [0.05, 0.1) is 6.54 Å². The van der Waals surface area contributed by atoms with E-state index in [-0.39, 0.29) is 24.3 Å². The molecule has 1 saturated heterocycles. The Morgan fingerprint density at radius 1 is 1.25 bits per heavy atom. The van der Waals surface area contributed by atoms with Gasteiger partial charge in [-0.05, 0) is 31.4 Å². The average Bonchev–Trinajstić information content (AvgIpc) is 3.38. The van der Waals surface area contributed by atoms with Gasteiger partial charge >= 0.3 is 0 Å². The number of hydrogen-bond donors (Lipinski definition) is 2. The summed E-state index contributed by atoms with van der Waals surface area (Å²) in [5, 5.41) is 6.47. The molecular formula is C20H28F2N4O2. The molecule has 1 aliphatic carbocycles. The maximum absolute atomic E-state index is 13.2. The van der Waals surface area contributed by atoms with E-state index in [0.29, 0.717) is 25.0 Å². The zero-order chi connectivity index (χ0) is 19.9. The van der Waals surface area contributed by atoms with Gasteiger partial charge in [-0.3, -0.25) is 9.79 Å². The molecule has 1 amide bonds. The van der Waals surface area contributed by atoms with E-state index < -0.39 is 11.6 Å². The number of carbonyl (C=O) groups is 1. The maximum Gasteiger partial charge on any atom is 0.225 e. The molecule has 2 aliphatic rings. The van der Waals surface area contributed by atoms with Crippen molar-refractivity contribution in [2.45, 2.75) is 38.1 Å². The van der Waals surface area contributed by atoms with Crippen molar-refractivity contribution in [3.63, 3.8) is 0 Å². The molecule has 0 spiro atoms. The van der Waals surface area contributed by atoms with E-state index in [9.17, 15) is 13.6 Å². The summed E-state index contributed by atoms with van der Waals surface area (Å²) in [6, 6.07) is 3.62. The second-order valence-corrected chi connectivity index (χ2v) is 7.32. The van der Waals surface area contributed by atoms with E-state index in [1.165, 1.54) is 6.07 Å². The Morgan fingerprint density at radius 2 is 2.04 bits per heavy atom. The Morgan fingerprint density at radius 3 is 2.75 bits per heavy atom. The SMILES string of the molecule is CN=C(NCCOc1ccc(F)c(F)c1)NC1CCN(C(=O)C2CCCC2)C1. The highest BCUT2D eigenvalue weighted by molar-refractivity contribution is 5.81. The van der Waals surface area contributed by atoms with Crippen molar-refractivity contribution in [3.8, 4) is 5.75 Å². The van der Waals surface area contributed by atoms with Crippen molar-refractivity contribution < 1.29 is 18.3 Å². The molecule has 0 bridgehead atoms. The summed E-state index contributed by atoms with van der Waals surface area (Å²) < 4.78 is 31.5. The Balaban J connectivity index is 1.37. The van der Waals surface area contributed by atoms with Gasteiger partial charge in [0.15, 0.2) is 17.6 Å². The lowest BCUT2D eigenvalue weighted by atomic mass is 10.1. The van der Waals surface area contributed by atoms with Crippen LogP contribution in [-0.2, 0) is 4.79 Å². The lowest BCUT2D eigenvalue weighted by Crippen LogP contribution is -2.46. The van der Waals surface area contributed by atoms with Gasteiger partial charge < -0.3 is 20.3 Å². The smallest absolute Gasteiger partial charge is 0.225 e. The van der Waals surface area contributed by atoms with Crippen molar-refractivity contribution in [2.75, 3.05) is 33.3 Å². The summed E-state index contributed by atoms with van der Waals surface area (Å²) in [5.41, 5.74) is 0. The third-order valence-corrected chi connectivity index (χ3v) is 5.32. The summed E-state index contributed by atoms with van der Waals surface area (Å²) in [7, 11) is 1.68. The summed E-state index contributed by atoms with van der Waals surface area (Å²) in [4.78, 5) is 18.7. The predicted molar refractivity (Wildman–Crippen MR) is 103 cm³/mol. The number of aliphatic imine (C=N–C) groups is 1. The molecule has 1 aliphatic heterocycles. The van der Waals surface area contributed by atoms with Crippen LogP contribution < -0.4 is 15.4 Å². The molecule has 1 saturated carbocycles. The van der Waals surface area contributed by atoms with Gasteiger partial charge in [-0.15, -0.1) is 0 Å². The topological polar surface area (TPSA) is 66.0 Å². The average molecular weight is 394 g/mol. The highest BCUT2D eigenvalue weighted by Gasteiger charge is 2.32. The van der Waals surface area contributed by atoms with Crippen LogP contribution in [0.3, 0.4) is 0 Å². The molecule has 1 aromatic carbocycles. The molecule has 6 nitrogen and oxygen atoms in total. The highest BCUT2D eigenvalue weighted by Crippen LogP contribution is 2.27. The minimum atomic E-state index is -0.930. The molecule has 154 valence electrons. The Hall–Kier alpha value is -2.38. The van der Waals surface area contributed by atoms with E-state index >= 15 is 0 Å². The first kappa shape index (κ1) is 20.4. The summed E-state index contributed by atoms with van der Waals surface area (Å²) >= 11 is 0. The van der Waals surface area contributed by atoms with Crippen LogP contribution in [-0.4, -0.2) is 56.1 Å². The van der Waals surface area contributed by atoms with Crippen molar-refractivity contribution in [3.05, 3.63) is 29.8 Å². The van der Waals surface area contributed by atoms with Crippen LogP contribution in [0, 0.1) is 17.6 Å². The van der Waals surface area contributed by atoms with Gasteiger partial charge in [-0.25, -0.2) is 8.78 Å². The van der Waals surface area contributed by atoms with Crippen LogP contribution in [0.15, 0.2) is 23.2 Å². The van der Waals surface area contributed by atoms with Gasteiger partial charge in [0.1, 0.15) is 12.4 Å². The maximum atomic E-state index is 13.2. The van der Waals surface area contributed by atoms with Gasteiger partial charge in [0.2, 0.25) is 5.91 Å². The third-order valence-electron chi connectivity index (χ3n) is 5.32. The molecular weight excluding hydrogens is 366 g/mol. The molecule has 1 heterocycles. The molecule has 1 atom stereocenters. The van der Waals surface area contributed by atoms with Crippen LogP contribution in [0.5, 0.6) is 5.75 Å². The summed E-state index contributed by atoms with van der Waals surface area (Å²) in [5.74, 6) is -0.406. The molecule has 8 heteroatoms. The Labute approximate surface area is 164 Å². The van der Waals surface area contributed by atoms with Crippen LogP contribution in [0.2, 0.25) is 0 Å². The normalized spacial score (nSPS) is 20.5. The molecule has 3 rings (SSSR count). The number of benzene rings is 1. The predicted octanol–water partition coefficient (Wildman–Crippen LogP) is 2.30. The minimum absolute atomic E-state index is 0.170. The first-order valence-corrected chi connectivity index (χ1v) is 9.90. The van der Waals surface area contributed by atoms with E-state index in [0.717, 1.165) is 50.8 Å². The molecule has 0 aromatic heterocycles. The van der Waals surface area contributed by atoms with Gasteiger partial charge in [-0.2, -0.15) is 0 Å². The van der Waals surface area contributed by atoms with Gasteiger partial charge in [-0.1, -0.05) is 12.8 Å². The molecule has 1 aromatic rings. The zero-order valence-electron chi connectivity index (χ0n) is 16.2. The minimum Gasteiger partial charge on any atom is -0.492 e. The number of ether oxygens (including phenoxy) is 1. The van der Waals surface area contributed by atoms with E-state index in [1.807, 2.05) is 4.90 Å². The van der Waals surface area contributed by atoms with Crippen LogP contribution in [0.4, 0.5) is 8.78 Å². The molecule has 0 radical (unpaired) electrons.